The van der Waals surface area contributed by atoms with Crippen molar-refractivity contribution in [2.45, 2.75) is 100 Å². The summed E-state index contributed by atoms with van der Waals surface area (Å²) in [5, 5.41) is 1.33. The molecule has 0 fully saturated rings. The van der Waals surface area contributed by atoms with Gasteiger partial charge in [-0.05, 0) is 50.0 Å². The number of allylic oxidation sites excluding steroid dienone is 14. The van der Waals surface area contributed by atoms with Crippen molar-refractivity contribution >= 4 is 23.5 Å². The fraction of sp³-hybridized carbons (Fsp3) is 0.500. The summed E-state index contributed by atoms with van der Waals surface area (Å²) >= 11 is 4.21. The van der Waals surface area contributed by atoms with Crippen LogP contribution in [0.5, 0.6) is 0 Å². The molecule has 0 N–H and O–H groups in total. The smallest absolute Gasteiger partial charge is 1.00 e. The molecule has 0 aromatic carbocycles. The SMILES string of the molecule is CC1=CC=CCC1(CC1=[C-]CC=C1)SC(C)C.CC1=CC=CCC1(CC1=[C-]CC=C1)SC(C)C.[Cl-].[Cl-].[Ti+2].[Ti+2]. The van der Waals surface area contributed by atoms with E-state index in [4.69, 9.17) is 0 Å². The van der Waals surface area contributed by atoms with Crippen LogP contribution in [-0.2, 0) is 43.4 Å². The molecule has 0 aromatic rings. The molecule has 4 aliphatic carbocycles. The van der Waals surface area contributed by atoms with Crippen molar-refractivity contribution in [2.75, 3.05) is 0 Å². The first-order valence-corrected chi connectivity index (χ1v) is 14.6. The molecule has 0 radical (unpaired) electrons. The quantitative estimate of drug-likeness (QED) is 0.289. The number of halogens is 2. The topological polar surface area (TPSA) is 0 Å². The van der Waals surface area contributed by atoms with Gasteiger partial charge in [-0.3, -0.25) is 12.2 Å². The van der Waals surface area contributed by atoms with E-state index in [0.717, 1.165) is 38.5 Å². The second-order valence-electron chi connectivity index (χ2n) is 10.3. The van der Waals surface area contributed by atoms with Gasteiger partial charge in [-0.2, -0.15) is 12.2 Å². The molecule has 0 bridgehead atoms. The van der Waals surface area contributed by atoms with Gasteiger partial charge in [0.1, 0.15) is 0 Å². The van der Waals surface area contributed by atoms with Gasteiger partial charge in [0.05, 0.1) is 0 Å². The maximum Gasteiger partial charge on any atom is 2.00 e. The van der Waals surface area contributed by atoms with Gasteiger partial charge < -0.3 is 24.8 Å². The Labute approximate surface area is 284 Å². The van der Waals surface area contributed by atoms with Crippen LogP contribution >= 0.6 is 23.5 Å². The Bertz CT molecular complexity index is 892. The van der Waals surface area contributed by atoms with Crippen molar-refractivity contribution in [3.05, 3.63) is 95.2 Å². The summed E-state index contributed by atoms with van der Waals surface area (Å²) in [6.07, 6.45) is 35.9. The molecule has 0 spiro atoms. The van der Waals surface area contributed by atoms with Crippen LogP contribution < -0.4 is 24.8 Å². The summed E-state index contributed by atoms with van der Waals surface area (Å²) < 4.78 is 0.528. The first-order chi connectivity index (χ1) is 16.2. The first-order valence-electron chi connectivity index (χ1n) is 12.8. The molecule has 4 aliphatic rings. The number of rotatable bonds is 8. The summed E-state index contributed by atoms with van der Waals surface area (Å²) in [5.74, 6) is 0. The average Bonchev–Trinajstić information content (AvgIpc) is 3.46. The van der Waals surface area contributed by atoms with Gasteiger partial charge in [-0.25, -0.2) is 23.3 Å². The van der Waals surface area contributed by atoms with Crippen LogP contribution in [0.25, 0.3) is 0 Å². The normalized spacial score (nSPS) is 24.6. The van der Waals surface area contributed by atoms with E-state index < -0.39 is 0 Å². The van der Waals surface area contributed by atoms with E-state index in [1.165, 1.54) is 22.3 Å². The zero-order valence-electron chi connectivity index (χ0n) is 23.7. The molecule has 0 saturated carbocycles. The Morgan fingerprint density at radius 3 is 1.32 bits per heavy atom. The van der Waals surface area contributed by atoms with Crippen LogP contribution in [0.4, 0.5) is 0 Å². The Kier molecular flexibility index (Phi) is 21.1. The fourth-order valence-corrected chi connectivity index (χ4v) is 8.19. The second kappa shape index (κ2) is 19.7. The number of hydrogen-bond acceptors (Lipinski definition) is 2. The van der Waals surface area contributed by atoms with Crippen molar-refractivity contribution < 1.29 is 68.2 Å². The molecule has 204 valence electrons. The molecule has 0 amide bonds. The predicted molar refractivity (Wildman–Crippen MR) is 156 cm³/mol. The summed E-state index contributed by atoms with van der Waals surface area (Å²) in [7, 11) is 0. The maximum atomic E-state index is 3.46. The summed E-state index contributed by atoms with van der Waals surface area (Å²) in [6.45, 7) is 13.7. The minimum atomic E-state index is 0. The van der Waals surface area contributed by atoms with Crippen LogP contribution in [-0.4, -0.2) is 20.0 Å². The van der Waals surface area contributed by atoms with Gasteiger partial charge in [-0.1, -0.05) is 75.3 Å². The minimum Gasteiger partial charge on any atom is -1.00 e. The largest absolute Gasteiger partial charge is 2.00 e. The van der Waals surface area contributed by atoms with Crippen molar-refractivity contribution in [1.29, 1.82) is 0 Å². The van der Waals surface area contributed by atoms with Crippen molar-refractivity contribution in [3.63, 3.8) is 0 Å². The molecule has 6 heteroatoms. The molecule has 0 aliphatic heterocycles. The van der Waals surface area contributed by atoms with Gasteiger partial charge in [0, 0.05) is 9.49 Å². The fourth-order valence-electron chi connectivity index (χ4n) is 5.02. The zero-order chi connectivity index (χ0) is 24.6. The predicted octanol–water partition coefficient (Wildman–Crippen LogP) is 3.71. The Morgan fingerprint density at radius 1 is 0.684 bits per heavy atom. The van der Waals surface area contributed by atoms with E-state index >= 15 is 0 Å². The third-order valence-electron chi connectivity index (χ3n) is 6.70. The molecule has 2 unspecified atom stereocenters. The van der Waals surface area contributed by atoms with Crippen LogP contribution in [0.15, 0.2) is 83.1 Å². The van der Waals surface area contributed by atoms with Crippen molar-refractivity contribution in [2.24, 2.45) is 0 Å². The zero-order valence-corrected chi connectivity index (χ0v) is 30.0. The van der Waals surface area contributed by atoms with Crippen LogP contribution in [0.1, 0.15) is 80.1 Å². The Balaban J connectivity index is 0. The third-order valence-corrected chi connectivity index (χ3v) is 9.81. The standard InChI is InChI=1S/2C16H21S.2ClH.2Ti/c2*1-13(2)17-16(11-7-6-8-14(16)3)12-15-9-4-5-10-15;;;;/h2*4,6-9,13H,5,11-12H2,1-3H3;2*1H;;/q2*-1;;;2*+2/p-2. The van der Waals surface area contributed by atoms with Gasteiger partial charge in [0.15, 0.2) is 0 Å². The monoisotopic (exact) mass is 656 g/mol. The number of hydrogen-bond donors (Lipinski definition) is 0. The van der Waals surface area contributed by atoms with E-state index in [2.05, 4.69) is 138 Å². The molecule has 4 rings (SSSR count). The Hall–Kier alpha value is 0.629. The van der Waals surface area contributed by atoms with E-state index in [1.807, 2.05) is 0 Å². The molecule has 38 heavy (non-hydrogen) atoms. The molecular formula is C32H42Cl2S2Ti2. The van der Waals surface area contributed by atoms with Crippen LogP contribution in [0, 0.1) is 12.2 Å². The number of thioether (sulfide) groups is 2. The Morgan fingerprint density at radius 2 is 1.05 bits per heavy atom. The van der Waals surface area contributed by atoms with E-state index in [9.17, 15) is 0 Å². The van der Waals surface area contributed by atoms with Gasteiger partial charge in [0.2, 0.25) is 0 Å². The summed E-state index contributed by atoms with van der Waals surface area (Å²) in [5.41, 5.74) is 5.80. The third kappa shape index (κ3) is 11.9. The molecule has 0 nitrogen and oxygen atoms in total. The minimum absolute atomic E-state index is 0. The first kappa shape index (κ1) is 40.8. The van der Waals surface area contributed by atoms with Gasteiger partial charge in [-0.15, -0.1) is 36.4 Å². The van der Waals surface area contributed by atoms with Crippen LogP contribution in [0.2, 0.25) is 0 Å². The second-order valence-corrected chi connectivity index (χ2v) is 14.2. The summed E-state index contributed by atoms with van der Waals surface area (Å²) in [6, 6.07) is 0. The van der Waals surface area contributed by atoms with Gasteiger partial charge in [0.25, 0.3) is 0 Å². The molecule has 2 atom stereocenters. The molecule has 0 saturated heterocycles. The summed E-state index contributed by atoms with van der Waals surface area (Å²) in [4.78, 5) is 0. The van der Waals surface area contributed by atoms with Gasteiger partial charge >= 0.3 is 43.4 Å². The van der Waals surface area contributed by atoms with Crippen molar-refractivity contribution in [1.82, 2.24) is 0 Å². The van der Waals surface area contributed by atoms with Crippen LogP contribution in [0.3, 0.4) is 0 Å². The molecule has 0 heterocycles. The maximum absolute atomic E-state index is 3.46. The van der Waals surface area contributed by atoms with E-state index in [0.29, 0.717) is 10.5 Å². The van der Waals surface area contributed by atoms with E-state index in [-0.39, 0.29) is 77.7 Å². The van der Waals surface area contributed by atoms with Crippen molar-refractivity contribution in [3.8, 4) is 0 Å². The average molecular weight is 657 g/mol. The molecule has 0 aromatic heterocycles. The van der Waals surface area contributed by atoms with E-state index in [1.54, 1.807) is 0 Å². The molecular weight excluding hydrogens is 615 g/mol.